The van der Waals surface area contributed by atoms with Crippen LogP contribution in [0.2, 0.25) is 0 Å². The fraction of sp³-hybridized carbons (Fsp3) is 0.500. The van der Waals surface area contributed by atoms with E-state index in [0.717, 1.165) is 12.0 Å². The topological polar surface area (TPSA) is 53.6 Å². The van der Waals surface area contributed by atoms with Crippen molar-refractivity contribution in [3.63, 3.8) is 0 Å². The molecule has 0 bridgehead atoms. The largest absolute Gasteiger partial charge is 0.472 e. The first-order valence-corrected chi connectivity index (χ1v) is 3.63. The van der Waals surface area contributed by atoms with Crippen molar-refractivity contribution < 1.29 is 14.6 Å². The zero-order valence-corrected chi connectivity index (χ0v) is 6.23. The van der Waals surface area contributed by atoms with Gasteiger partial charge in [0.05, 0.1) is 25.2 Å². The SMILES string of the molecule is OC[C@H](O)CCc1ccoc1. The van der Waals surface area contributed by atoms with E-state index in [1.807, 2.05) is 6.07 Å². The van der Waals surface area contributed by atoms with E-state index in [1.165, 1.54) is 0 Å². The Balaban J connectivity index is 2.23. The molecule has 0 saturated heterocycles. The smallest absolute Gasteiger partial charge is 0.0934 e. The van der Waals surface area contributed by atoms with Crippen LogP contribution in [0.3, 0.4) is 0 Å². The van der Waals surface area contributed by atoms with Crippen LogP contribution < -0.4 is 0 Å². The number of aliphatic hydroxyl groups is 2. The second-order valence-corrected chi connectivity index (χ2v) is 2.51. The summed E-state index contributed by atoms with van der Waals surface area (Å²) in [5, 5.41) is 17.5. The van der Waals surface area contributed by atoms with Gasteiger partial charge < -0.3 is 14.6 Å². The molecular weight excluding hydrogens is 144 g/mol. The molecule has 0 spiro atoms. The Bertz CT molecular complexity index is 181. The van der Waals surface area contributed by atoms with Gasteiger partial charge in [0, 0.05) is 0 Å². The molecule has 0 aliphatic rings. The van der Waals surface area contributed by atoms with Gasteiger partial charge in [-0.05, 0) is 24.5 Å². The summed E-state index contributed by atoms with van der Waals surface area (Å²) in [5.41, 5.74) is 1.05. The Labute approximate surface area is 65.3 Å². The Kier molecular flexibility index (Phi) is 3.14. The van der Waals surface area contributed by atoms with Gasteiger partial charge in [-0.25, -0.2) is 0 Å². The number of aliphatic hydroxyl groups excluding tert-OH is 2. The molecule has 3 nitrogen and oxygen atoms in total. The second kappa shape index (κ2) is 4.16. The molecule has 0 unspecified atom stereocenters. The highest BCUT2D eigenvalue weighted by atomic mass is 16.3. The molecule has 1 rings (SSSR count). The van der Waals surface area contributed by atoms with E-state index in [-0.39, 0.29) is 6.61 Å². The second-order valence-electron chi connectivity index (χ2n) is 2.51. The average Bonchev–Trinajstić information content (AvgIpc) is 2.52. The van der Waals surface area contributed by atoms with Gasteiger partial charge in [0.2, 0.25) is 0 Å². The third kappa shape index (κ3) is 2.74. The van der Waals surface area contributed by atoms with Crippen molar-refractivity contribution >= 4 is 0 Å². The molecule has 1 aromatic heterocycles. The minimum atomic E-state index is -0.607. The highest BCUT2D eigenvalue weighted by Crippen LogP contribution is 2.05. The molecule has 0 fully saturated rings. The molecule has 0 radical (unpaired) electrons. The van der Waals surface area contributed by atoms with Crippen molar-refractivity contribution in [1.82, 2.24) is 0 Å². The molecule has 0 saturated carbocycles. The summed E-state index contributed by atoms with van der Waals surface area (Å²) in [5.74, 6) is 0. The molecule has 0 aliphatic carbocycles. The molecule has 1 atom stereocenters. The van der Waals surface area contributed by atoms with Crippen molar-refractivity contribution in [3.8, 4) is 0 Å². The van der Waals surface area contributed by atoms with Crippen LogP contribution in [-0.4, -0.2) is 22.9 Å². The third-order valence-corrected chi connectivity index (χ3v) is 1.56. The van der Waals surface area contributed by atoms with E-state index in [9.17, 15) is 0 Å². The number of aryl methyl sites for hydroxylation is 1. The maximum absolute atomic E-state index is 8.98. The average molecular weight is 156 g/mol. The van der Waals surface area contributed by atoms with E-state index in [0.29, 0.717) is 6.42 Å². The maximum Gasteiger partial charge on any atom is 0.0934 e. The molecule has 11 heavy (non-hydrogen) atoms. The quantitative estimate of drug-likeness (QED) is 0.670. The van der Waals surface area contributed by atoms with Crippen molar-refractivity contribution in [2.45, 2.75) is 18.9 Å². The lowest BCUT2D eigenvalue weighted by atomic mass is 10.1. The zero-order valence-electron chi connectivity index (χ0n) is 6.23. The van der Waals surface area contributed by atoms with Gasteiger partial charge in [-0.1, -0.05) is 0 Å². The molecular formula is C8H12O3. The lowest BCUT2D eigenvalue weighted by molar-refractivity contribution is 0.0885. The van der Waals surface area contributed by atoms with Gasteiger partial charge in [0.15, 0.2) is 0 Å². The molecule has 3 heteroatoms. The lowest BCUT2D eigenvalue weighted by Gasteiger charge is -2.03. The molecule has 1 heterocycles. The molecule has 0 aromatic carbocycles. The molecule has 1 aromatic rings. The van der Waals surface area contributed by atoms with E-state index >= 15 is 0 Å². The Hall–Kier alpha value is -0.800. The van der Waals surface area contributed by atoms with Crippen molar-refractivity contribution in [2.24, 2.45) is 0 Å². The lowest BCUT2D eigenvalue weighted by Crippen LogP contribution is -2.12. The van der Waals surface area contributed by atoms with Crippen LogP contribution in [0.5, 0.6) is 0 Å². The first-order chi connectivity index (χ1) is 5.33. The maximum atomic E-state index is 8.98. The highest BCUT2D eigenvalue weighted by Gasteiger charge is 2.02. The summed E-state index contributed by atoms with van der Waals surface area (Å²) in [4.78, 5) is 0. The zero-order chi connectivity index (χ0) is 8.10. The molecule has 0 amide bonds. The molecule has 2 N–H and O–H groups in total. The number of hydrogen-bond donors (Lipinski definition) is 2. The summed E-state index contributed by atoms with van der Waals surface area (Å²) in [6.45, 7) is -0.169. The predicted octanol–water partition coefficient (Wildman–Crippen LogP) is 0.565. The van der Waals surface area contributed by atoms with Gasteiger partial charge in [-0.3, -0.25) is 0 Å². The summed E-state index contributed by atoms with van der Waals surface area (Å²) in [7, 11) is 0. The van der Waals surface area contributed by atoms with Gasteiger partial charge in [-0.15, -0.1) is 0 Å². The Morgan fingerprint density at radius 2 is 2.36 bits per heavy atom. The number of hydrogen-bond acceptors (Lipinski definition) is 3. The van der Waals surface area contributed by atoms with Crippen LogP contribution in [-0.2, 0) is 6.42 Å². The first kappa shape index (κ1) is 8.30. The third-order valence-electron chi connectivity index (χ3n) is 1.56. The van der Waals surface area contributed by atoms with E-state index in [4.69, 9.17) is 14.6 Å². The van der Waals surface area contributed by atoms with Crippen LogP contribution in [0, 0.1) is 0 Å². The monoisotopic (exact) mass is 156 g/mol. The summed E-state index contributed by atoms with van der Waals surface area (Å²) < 4.78 is 4.84. The minimum absolute atomic E-state index is 0.169. The van der Waals surface area contributed by atoms with Crippen LogP contribution in [0.4, 0.5) is 0 Å². The molecule has 0 aliphatic heterocycles. The minimum Gasteiger partial charge on any atom is -0.472 e. The van der Waals surface area contributed by atoms with Crippen LogP contribution in [0.25, 0.3) is 0 Å². The number of rotatable bonds is 4. The van der Waals surface area contributed by atoms with Crippen LogP contribution in [0.1, 0.15) is 12.0 Å². The fourth-order valence-electron chi connectivity index (χ4n) is 0.859. The predicted molar refractivity (Wildman–Crippen MR) is 40.1 cm³/mol. The van der Waals surface area contributed by atoms with Gasteiger partial charge >= 0.3 is 0 Å². The first-order valence-electron chi connectivity index (χ1n) is 3.63. The Morgan fingerprint density at radius 1 is 1.55 bits per heavy atom. The van der Waals surface area contributed by atoms with Gasteiger partial charge in [0.25, 0.3) is 0 Å². The number of furan rings is 1. The van der Waals surface area contributed by atoms with Crippen LogP contribution >= 0.6 is 0 Å². The highest BCUT2D eigenvalue weighted by molar-refractivity contribution is 5.05. The van der Waals surface area contributed by atoms with Crippen molar-refractivity contribution in [1.29, 1.82) is 0 Å². The Morgan fingerprint density at radius 3 is 2.91 bits per heavy atom. The van der Waals surface area contributed by atoms with Gasteiger partial charge in [-0.2, -0.15) is 0 Å². The summed E-state index contributed by atoms with van der Waals surface area (Å²) >= 11 is 0. The normalized spacial score (nSPS) is 13.3. The standard InChI is InChI=1S/C8H12O3/c9-5-8(10)2-1-7-3-4-11-6-7/h3-4,6,8-10H,1-2,5H2/t8-/m1/s1. The summed E-state index contributed by atoms with van der Waals surface area (Å²) in [6, 6.07) is 1.85. The summed E-state index contributed by atoms with van der Waals surface area (Å²) in [6.07, 6.45) is 3.96. The van der Waals surface area contributed by atoms with Crippen molar-refractivity contribution in [2.75, 3.05) is 6.61 Å². The molecule has 62 valence electrons. The van der Waals surface area contributed by atoms with Gasteiger partial charge in [0.1, 0.15) is 0 Å². The van der Waals surface area contributed by atoms with E-state index in [2.05, 4.69) is 0 Å². The van der Waals surface area contributed by atoms with Crippen LogP contribution in [0.15, 0.2) is 23.0 Å². The fourth-order valence-corrected chi connectivity index (χ4v) is 0.859. The van der Waals surface area contributed by atoms with Crippen molar-refractivity contribution in [3.05, 3.63) is 24.2 Å². The van der Waals surface area contributed by atoms with E-state index < -0.39 is 6.10 Å². The van der Waals surface area contributed by atoms with E-state index in [1.54, 1.807) is 12.5 Å².